The summed E-state index contributed by atoms with van der Waals surface area (Å²) in [6.45, 7) is 4.36. The molecule has 0 bridgehead atoms. The lowest BCUT2D eigenvalue weighted by atomic mass is 10.2. The Morgan fingerprint density at radius 1 is 1.19 bits per heavy atom. The zero-order chi connectivity index (χ0) is 15.2. The Hall–Kier alpha value is -2.24. The van der Waals surface area contributed by atoms with E-state index >= 15 is 0 Å². The molecule has 6 heteroatoms. The quantitative estimate of drug-likeness (QED) is 0.906. The molecule has 2 rings (SSSR count). The van der Waals surface area contributed by atoms with Crippen LogP contribution in [0, 0.1) is 0 Å². The van der Waals surface area contributed by atoms with Crippen LogP contribution in [0.3, 0.4) is 0 Å². The molecule has 114 valence electrons. The van der Waals surface area contributed by atoms with Crippen LogP contribution in [0.4, 0.5) is 4.79 Å². The van der Waals surface area contributed by atoms with E-state index in [4.69, 9.17) is 4.74 Å². The molecule has 1 aliphatic heterocycles. The molecule has 1 fully saturated rings. The van der Waals surface area contributed by atoms with E-state index in [0.29, 0.717) is 32.7 Å². The number of methoxy groups -OCH3 is 1. The molecular formula is C15H21N3O3. The van der Waals surface area contributed by atoms with Gasteiger partial charge in [-0.05, 0) is 17.7 Å². The Bertz CT molecular complexity index is 511. The highest BCUT2D eigenvalue weighted by molar-refractivity contribution is 5.76. The van der Waals surface area contributed by atoms with Crippen LogP contribution >= 0.6 is 0 Å². The van der Waals surface area contributed by atoms with Gasteiger partial charge in [-0.3, -0.25) is 4.79 Å². The SMILES string of the molecule is COc1cccc(CNC(=O)N2CCN(C(C)=O)CC2)c1. The van der Waals surface area contributed by atoms with E-state index in [1.807, 2.05) is 24.3 Å². The first-order chi connectivity index (χ1) is 10.1. The van der Waals surface area contributed by atoms with Gasteiger partial charge in [0, 0.05) is 39.6 Å². The van der Waals surface area contributed by atoms with Crippen molar-refractivity contribution in [1.82, 2.24) is 15.1 Å². The van der Waals surface area contributed by atoms with Gasteiger partial charge in [-0.1, -0.05) is 12.1 Å². The zero-order valence-corrected chi connectivity index (χ0v) is 12.5. The number of hydrogen-bond donors (Lipinski definition) is 1. The molecule has 3 amide bonds. The third-order valence-electron chi connectivity index (χ3n) is 3.59. The number of rotatable bonds is 3. The van der Waals surface area contributed by atoms with Crippen molar-refractivity contribution >= 4 is 11.9 Å². The Balaban J connectivity index is 1.81. The van der Waals surface area contributed by atoms with Crippen molar-refractivity contribution in [3.05, 3.63) is 29.8 Å². The van der Waals surface area contributed by atoms with Crippen molar-refractivity contribution in [1.29, 1.82) is 0 Å². The molecule has 0 aliphatic carbocycles. The zero-order valence-electron chi connectivity index (χ0n) is 12.5. The molecule has 0 atom stereocenters. The van der Waals surface area contributed by atoms with Crippen LogP contribution in [-0.2, 0) is 11.3 Å². The molecule has 1 aromatic carbocycles. The van der Waals surface area contributed by atoms with E-state index in [1.165, 1.54) is 0 Å². The van der Waals surface area contributed by atoms with Crippen LogP contribution in [0.1, 0.15) is 12.5 Å². The molecule has 1 N–H and O–H groups in total. The summed E-state index contributed by atoms with van der Waals surface area (Å²) < 4.78 is 5.15. The number of urea groups is 1. The van der Waals surface area contributed by atoms with Crippen molar-refractivity contribution in [3.63, 3.8) is 0 Å². The van der Waals surface area contributed by atoms with Crippen molar-refractivity contribution < 1.29 is 14.3 Å². The van der Waals surface area contributed by atoms with E-state index < -0.39 is 0 Å². The van der Waals surface area contributed by atoms with Gasteiger partial charge in [-0.15, -0.1) is 0 Å². The van der Waals surface area contributed by atoms with Gasteiger partial charge >= 0.3 is 6.03 Å². The summed E-state index contributed by atoms with van der Waals surface area (Å²) in [4.78, 5) is 26.8. The second kappa shape index (κ2) is 6.97. The molecule has 0 aromatic heterocycles. The van der Waals surface area contributed by atoms with E-state index in [2.05, 4.69) is 5.32 Å². The van der Waals surface area contributed by atoms with Crippen LogP contribution in [0.5, 0.6) is 5.75 Å². The van der Waals surface area contributed by atoms with Gasteiger partial charge < -0.3 is 19.9 Å². The largest absolute Gasteiger partial charge is 0.497 e. The molecule has 0 saturated carbocycles. The number of amides is 3. The van der Waals surface area contributed by atoms with E-state index in [9.17, 15) is 9.59 Å². The van der Waals surface area contributed by atoms with Gasteiger partial charge in [0.1, 0.15) is 5.75 Å². The van der Waals surface area contributed by atoms with Crippen LogP contribution in [0.2, 0.25) is 0 Å². The molecule has 1 heterocycles. The first-order valence-electron chi connectivity index (χ1n) is 7.01. The van der Waals surface area contributed by atoms with Gasteiger partial charge in [-0.25, -0.2) is 4.79 Å². The lowest BCUT2D eigenvalue weighted by Crippen LogP contribution is -2.52. The minimum Gasteiger partial charge on any atom is -0.497 e. The Morgan fingerprint density at radius 3 is 2.48 bits per heavy atom. The van der Waals surface area contributed by atoms with Crippen LogP contribution in [0.25, 0.3) is 0 Å². The third-order valence-corrected chi connectivity index (χ3v) is 3.59. The van der Waals surface area contributed by atoms with Crippen LogP contribution < -0.4 is 10.1 Å². The summed E-state index contributed by atoms with van der Waals surface area (Å²) in [7, 11) is 1.62. The molecule has 0 unspecified atom stereocenters. The maximum absolute atomic E-state index is 12.1. The van der Waals surface area contributed by atoms with Gasteiger partial charge in [0.25, 0.3) is 0 Å². The number of carbonyl (C=O) groups is 2. The maximum Gasteiger partial charge on any atom is 0.317 e. The molecule has 1 aromatic rings. The number of nitrogens with one attached hydrogen (secondary N) is 1. The summed E-state index contributed by atoms with van der Waals surface area (Å²) in [5.74, 6) is 0.836. The Morgan fingerprint density at radius 2 is 1.86 bits per heavy atom. The van der Waals surface area contributed by atoms with Gasteiger partial charge in [-0.2, -0.15) is 0 Å². The summed E-state index contributed by atoms with van der Waals surface area (Å²) in [5.41, 5.74) is 0.991. The Kier molecular flexibility index (Phi) is 5.03. The average Bonchev–Trinajstić information content (AvgIpc) is 2.53. The summed E-state index contributed by atoms with van der Waals surface area (Å²) in [5, 5.41) is 2.89. The summed E-state index contributed by atoms with van der Waals surface area (Å²) in [6.07, 6.45) is 0. The highest BCUT2D eigenvalue weighted by Crippen LogP contribution is 2.12. The Labute approximate surface area is 124 Å². The standard InChI is InChI=1S/C15H21N3O3/c1-12(19)17-6-8-18(9-7-17)15(20)16-11-13-4-3-5-14(10-13)21-2/h3-5,10H,6-9,11H2,1-2H3,(H,16,20). The molecular weight excluding hydrogens is 270 g/mol. The van der Waals surface area contributed by atoms with Gasteiger partial charge in [0.2, 0.25) is 5.91 Å². The van der Waals surface area contributed by atoms with Crippen molar-refractivity contribution in [2.75, 3.05) is 33.3 Å². The number of carbonyl (C=O) groups excluding carboxylic acids is 2. The fourth-order valence-corrected chi connectivity index (χ4v) is 2.30. The number of benzene rings is 1. The molecule has 0 spiro atoms. The lowest BCUT2D eigenvalue weighted by Gasteiger charge is -2.34. The van der Waals surface area contributed by atoms with Crippen molar-refractivity contribution in [2.24, 2.45) is 0 Å². The van der Waals surface area contributed by atoms with Crippen molar-refractivity contribution in [3.8, 4) is 5.75 Å². The lowest BCUT2D eigenvalue weighted by molar-refractivity contribution is -0.130. The highest BCUT2D eigenvalue weighted by Gasteiger charge is 2.21. The first kappa shape index (κ1) is 15.2. The van der Waals surface area contributed by atoms with E-state index in [-0.39, 0.29) is 11.9 Å². The molecule has 0 radical (unpaired) electrons. The fourth-order valence-electron chi connectivity index (χ4n) is 2.30. The predicted octanol–water partition coefficient (Wildman–Crippen LogP) is 1.07. The average molecular weight is 291 g/mol. The number of hydrogen-bond acceptors (Lipinski definition) is 3. The molecule has 1 aliphatic rings. The monoisotopic (exact) mass is 291 g/mol. The van der Waals surface area contributed by atoms with Gasteiger partial charge in [0.05, 0.1) is 7.11 Å². The summed E-state index contributed by atoms with van der Waals surface area (Å²) in [6, 6.07) is 7.50. The van der Waals surface area contributed by atoms with Crippen LogP contribution in [0.15, 0.2) is 24.3 Å². The number of piperazine rings is 1. The van der Waals surface area contributed by atoms with Crippen LogP contribution in [-0.4, -0.2) is 55.0 Å². The second-order valence-corrected chi connectivity index (χ2v) is 5.00. The van der Waals surface area contributed by atoms with E-state index in [1.54, 1.807) is 23.8 Å². The fraction of sp³-hybridized carbons (Fsp3) is 0.467. The van der Waals surface area contributed by atoms with Crippen molar-refractivity contribution in [2.45, 2.75) is 13.5 Å². The number of nitrogens with zero attached hydrogens (tertiary/aromatic N) is 2. The second-order valence-electron chi connectivity index (χ2n) is 5.00. The molecule has 1 saturated heterocycles. The maximum atomic E-state index is 12.1. The normalized spacial score (nSPS) is 14.8. The third kappa shape index (κ3) is 4.11. The van der Waals surface area contributed by atoms with E-state index in [0.717, 1.165) is 11.3 Å². The highest BCUT2D eigenvalue weighted by atomic mass is 16.5. The molecule has 6 nitrogen and oxygen atoms in total. The first-order valence-corrected chi connectivity index (χ1v) is 7.01. The number of ether oxygens (including phenoxy) is 1. The van der Waals surface area contributed by atoms with Gasteiger partial charge in [0.15, 0.2) is 0 Å². The minimum absolute atomic E-state index is 0.0615. The topological polar surface area (TPSA) is 61.9 Å². The predicted molar refractivity (Wildman–Crippen MR) is 79.1 cm³/mol. The smallest absolute Gasteiger partial charge is 0.317 e. The minimum atomic E-state index is -0.0963. The molecule has 21 heavy (non-hydrogen) atoms. The summed E-state index contributed by atoms with van der Waals surface area (Å²) >= 11 is 0.